The van der Waals surface area contributed by atoms with E-state index in [0.717, 1.165) is 16.9 Å². The minimum absolute atomic E-state index is 0.486. The van der Waals surface area contributed by atoms with Crippen LogP contribution >= 0.6 is 0 Å². The Morgan fingerprint density at radius 1 is 1.19 bits per heavy atom. The third kappa shape index (κ3) is 2.52. The van der Waals surface area contributed by atoms with Gasteiger partial charge in [-0.2, -0.15) is 0 Å². The second kappa shape index (κ2) is 4.54. The first kappa shape index (κ1) is 11.0. The zero-order valence-corrected chi connectivity index (χ0v) is 9.60. The molecule has 16 heavy (non-hydrogen) atoms. The minimum atomic E-state index is -0.486. The van der Waals surface area contributed by atoms with Crippen LogP contribution < -0.4 is 0 Å². The van der Waals surface area contributed by atoms with E-state index in [0.29, 0.717) is 6.42 Å². The van der Waals surface area contributed by atoms with Crippen LogP contribution in [0.25, 0.3) is 0 Å². The fourth-order valence-corrected chi connectivity index (χ4v) is 1.70. The van der Waals surface area contributed by atoms with E-state index in [4.69, 9.17) is 4.42 Å². The Labute approximate surface area is 95.5 Å². The van der Waals surface area contributed by atoms with Gasteiger partial charge in [-0.1, -0.05) is 29.8 Å². The van der Waals surface area contributed by atoms with Crippen LogP contribution in [0.3, 0.4) is 0 Å². The minimum Gasteiger partial charge on any atom is -0.469 e. The van der Waals surface area contributed by atoms with Crippen molar-refractivity contribution in [1.29, 1.82) is 0 Å². The first-order valence-electron chi connectivity index (χ1n) is 5.44. The van der Waals surface area contributed by atoms with Gasteiger partial charge in [0, 0.05) is 12.0 Å². The van der Waals surface area contributed by atoms with Crippen molar-refractivity contribution in [3.63, 3.8) is 0 Å². The molecule has 0 saturated carbocycles. The highest BCUT2D eigenvalue weighted by Gasteiger charge is 2.10. The fourth-order valence-electron chi connectivity index (χ4n) is 1.70. The predicted octanol–water partition coefficient (Wildman–Crippen LogP) is 3.17. The highest BCUT2D eigenvalue weighted by Crippen LogP contribution is 2.20. The fraction of sp³-hybridized carbons (Fsp3) is 0.286. The van der Waals surface area contributed by atoms with Gasteiger partial charge in [0.05, 0.1) is 12.4 Å². The summed E-state index contributed by atoms with van der Waals surface area (Å²) in [4.78, 5) is 0. The molecule has 1 aromatic heterocycles. The molecule has 0 radical (unpaired) electrons. The molecule has 0 fully saturated rings. The van der Waals surface area contributed by atoms with E-state index < -0.39 is 6.10 Å². The van der Waals surface area contributed by atoms with E-state index in [1.807, 2.05) is 25.1 Å². The van der Waals surface area contributed by atoms with Gasteiger partial charge in [-0.15, -0.1) is 0 Å². The molecule has 1 heterocycles. The number of furan rings is 1. The van der Waals surface area contributed by atoms with Gasteiger partial charge in [0.2, 0.25) is 0 Å². The molecular formula is C14H16O2. The second-order valence-electron chi connectivity index (χ2n) is 4.20. The number of hydrogen-bond donors (Lipinski definition) is 1. The van der Waals surface area contributed by atoms with Crippen LogP contribution in [0, 0.1) is 13.8 Å². The number of benzene rings is 1. The highest BCUT2D eigenvalue weighted by atomic mass is 16.3. The maximum atomic E-state index is 10.00. The molecule has 1 atom stereocenters. The zero-order chi connectivity index (χ0) is 11.5. The molecule has 2 aromatic rings. The lowest BCUT2D eigenvalue weighted by Crippen LogP contribution is -2.00. The molecule has 1 aromatic carbocycles. The van der Waals surface area contributed by atoms with Crippen molar-refractivity contribution < 1.29 is 9.52 Å². The average Bonchev–Trinajstić information content (AvgIpc) is 2.68. The Morgan fingerprint density at radius 3 is 2.44 bits per heavy atom. The van der Waals surface area contributed by atoms with Crippen molar-refractivity contribution in [3.8, 4) is 0 Å². The summed E-state index contributed by atoms with van der Waals surface area (Å²) < 4.78 is 5.18. The van der Waals surface area contributed by atoms with Gasteiger partial charge in [-0.3, -0.25) is 0 Å². The molecule has 2 nitrogen and oxygen atoms in total. The molecule has 2 heteroatoms. The quantitative estimate of drug-likeness (QED) is 0.854. The number of aryl methyl sites for hydroxylation is 2. The highest BCUT2D eigenvalue weighted by molar-refractivity contribution is 5.24. The van der Waals surface area contributed by atoms with Gasteiger partial charge in [-0.25, -0.2) is 0 Å². The lowest BCUT2D eigenvalue weighted by atomic mass is 10.0. The molecule has 84 valence electrons. The average molecular weight is 216 g/mol. The lowest BCUT2D eigenvalue weighted by Gasteiger charge is -2.08. The third-order valence-corrected chi connectivity index (χ3v) is 2.69. The maximum Gasteiger partial charge on any atom is 0.101 e. The summed E-state index contributed by atoms with van der Waals surface area (Å²) in [6.45, 7) is 3.93. The van der Waals surface area contributed by atoms with Gasteiger partial charge >= 0.3 is 0 Å². The van der Waals surface area contributed by atoms with Crippen LogP contribution in [0.1, 0.15) is 28.6 Å². The van der Waals surface area contributed by atoms with E-state index in [1.165, 1.54) is 5.56 Å². The first-order chi connectivity index (χ1) is 7.65. The first-order valence-corrected chi connectivity index (χ1v) is 5.44. The molecule has 0 spiro atoms. The van der Waals surface area contributed by atoms with Crippen molar-refractivity contribution in [2.24, 2.45) is 0 Å². The van der Waals surface area contributed by atoms with Crippen molar-refractivity contribution in [3.05, 3.63) is 59.0 Å². The van der Waals surface area contributed by atoms with Gasteiger partial charge in [0.25, 0.3) is 0 Å². The van der Waals surface area contributed by atoms with Crippen molar-refractivity contribution in [2.45, 2.75) is 26.4 Å². The molecule has 1 unspecified atom stereocenters. The molecular weight excluding hydrogens is 200 g/mol. The van der Waals surface area contributed by atoms with E-state index in [1.54, 1.807) is 6.26 Å². The topological polar surface area (TPSA) is 33.4 Å². The molecule has 0 bridgehead atoms. The van der Waals surface area contributed by atoms with Crippen LogP contribution in [0.5, 0.6) is 0 Å². The van der Waals surface area contributed by atoms with Crippen LogP contribution in [-0.4, -0.2) is 5.11 Å². The van der Waals surface area contributed by atoms with E-state index in [9.17, 15) is 5.11 Å². The lowest BCUT2D eigenvalue weighted by molar-refractivity contribution is 0.177. The SMILES string of the molecule is Cc1ccc(CC(O)c2coc(C)c2)cc1. The standard InChI is InChI=1S/C14H16O2/c1-10-3-5-12(6-4-10)8-14(15)13-7-11(2)16-9-13/h3-7,9,14-15H,8H2,1-2H3. The summed E-state index contributed by atoms with van der Waals surface area (Å²) in [5.41, 5.74) is 3.22. The molecule has 1 N–H and O–H groups in total. The molecule has 0 amide bonds. The predicted molar refractivity (Wildman–Crippen MR) is 63.3 cm³/mol. The summed E-state index contributed by atoms with van der Waals surface area (Å²) in [5.74, 6) is 0.831. The number of hydrogen-bond acceptors (Lipinski definition) is 2. The third-order valence-electron chi connectivity index (χ3n) is 2.69. The smallest absolute Gasteiger partial charge is 0.101 e. The summed E-state index contributed by atoms with van der Waals surface area (Å²) in [5, 5.41) is 10.00. The van der Waals surface area contributed by atoms with Crippen molar-refractivity contribution in [2.75, 3.05) is 0 Å². The molecule has 0 aliphatic rings. The normalized spacial score (nSPS) is 12.7. The van der Waals surface area contributed by atoms with Crippen molar-refractivity contribution >= 4 is 0 Å². The van der Waals surface area contributed by atoms with Crippen LogP contribution in [-0.2, 0) is 6.42 Å². The Balaban J connectivity index is 2.07. The molecule has 0 aliphatic carbocycles. The van der Waals surface area contributed by atoms with Gasteiger partial charge in [0.1, 0.15) is 5.76 Å². The molecule has 0 saturated heterocycles. The van der Waals surface area contributed by atoms with E-state index in [2.05, 4.69) is 19.1 Å². The Morgan fingerprint density at radius 2 is 1.88 bits per heavy atom. The van der Waals surface area contributed by atoms with Gasteiger partial charge in [-0.05, 0) is 25.5 Å². The van der Waals surface area contributed by atoms with E-state index >= 15 is 0 Å². The Kier molecular flexibility index (Phi) is 3.11. The zero-order valence-electron chi connectivity index (χ0n) is 9.60. The van der Waals surface area contributed by atoms with Crippen LogP contribution in [0.4, 0.5) is 0 Å². The summed E-state index contributed by atoms with van der Waals surface area (Å²) in [6, 6.07) is 10.1. The Bertz CT molecular complexity index is 454. The molecule has 0 aliphatic heterocycles. The maximum absolute atomic E-state index is 10.00. The Hall–Kier alpha value is -1.54. The number of aliphatic hydroxyl groups is 1. The van der Waals surface area contributed by atoms with Crippen LogP contribution in [0.2, 0.25) is 0 Å². The second-order valence-corrected chi connectivity index (χ2v) is 4.20. The summed E-state index contributed by atoms with van der Waals surface area (Å²) in [7, 11) is 0. The number of aliphatic hydroxyl groups excluding tert-OH is 1. The van der Waals surface area contributed by atoms with E-state index in [-0.39, 0.29) is 0 Å². The summed E-state index contributed by atoms with van der Waals surface area (Å²) >= 11 is 0. The molecule has 2 rings (SSSR count). The largest absolute Gasteiger partial charge is 0.469 e. The van der Waals surface area contributed by atoms with Gasteiger partial charge < -0.3 is 9.52 Å². The monoisotopic (exact) mass is 216 g/mol. The van der Waals surface area contributed by atoms with Crippen LogP contribution in [0.15, 0.2) is 41.0 Å². The summed E-state index contributed by atoms with van der Waals surface area (Å²) in [6.07, 6.45) is 1.76. The number of rotatable bonds is 3. The van der Waals surface area contributed by atoms with Crippen molar-refractivity contribution in [1.82, 2.24) is 0 Å². The van der Waals surface area contributed by atoms with Gasteiger partial charge in [0.15, 0.2) is 0 Å².